The van der Waals surface area contributed by atoms with Crippen LogP contribution in [0.25, 0.3) is 10.4 Å². The molecule has 15 heteroatoms. The van der Waals surface area contributed by atoms with Crippen molar-refractivity contribution in [3.63, 3.8) is 0 Å². The van der Waals surface area contributed by atoms with Crippen LogP contribution >= 0.6 is 11.3 Å². The summed E-state index contributed by atoms with van der Waals surface area (Å²) in [5.74, 6) is -1.42. The number of thiazole rings is 1. The van der Waals surface area contributed by atoms with Crippen molar-refractivity contribution in [2.75, 3.05) is 6.54 Å². The quantitative estimate of drug-likeness (QED) is 0.0833. The normalized spacial score (nSPS) is 17.0. The standard InChI is InChI=1S/C46H66N6O8S/c1-29-40(61-28-49-29)34-20-18-32(19-21-34)25-48-42(56)37-24-35(53)26-52(37)43(57)41(45(3,4)5)51-39(55)13-11-9-10-12-31-14-16-33(17-15-31)27-59-30(2)36(22-23-38(47)54)50-44(58)60-46(6,7)8/h14-21,28,30,35-37,41,53H,9-13,22-27H2,1-8H3,(H2,47,54)(H,48,56)(H,50,58)(H,51,55)/t30-,35-,36+,37+,41-/m1/s1. The first-order valence-electron chi connectivity index (χ1n) is 21.2. The number of ether oxygens (including phenoxy) is 2. The minimum absolute atomic E-state index is 0.0155. The van der Waals surface area contributed by atoms with Gasteiger partial charge in [-0.2, -0.15) is 0 Å². The zero-order valence-corrected chi connectivity index (χ0v) is 37.9. The van der Waals surface area contributed by atoms with E-state index in [9.17, 15) is 29.1 Å². The molecule has 0 bridgehead atoms. The smallest absolute Gasteiger partial charge is 0.407 e. The largest absolute Gasteiger partial charge is 0.444 e. The summed E-state index contributed by atoms with van der Waals surface area (Å²) in [5, 5.41) is 19.3. The molecule has 2 aromatic carbocycles. The summed E-state index contributed by atoms with van der Waals surface area (Å²) in [6, 6.07) is 13.8. The molecule has 5 atom stereocenters. The van der Waals surface area contributed by atoms with E-state index in [1.165, 1.54) is 4.90 Å². The Balaban J connectivity index is 1.20. The van der Waals surface area contributed by atoms with Crippen molar-refractivity contribution in [2.24, 2.45) is 11.1 Å². The van der Waals surface area contributed by atoms with Crippen LogP contribution in [0.5, 0.6) is 0 Å². The molecule has 334 valence electrons. The number of aromatic nitrogens is 1. The van der Waals surface area contributed by atoms with Crippen molar-refractivity contribution in [2.45, 2.75) is 156 Å². The molecule has 14 nitrogen and oxygen atoms in total. The second-order valence-electron chi connectivity index (χ2n) is 18.1. The number of nitrogens with zero attached hydrogens (tertiary/aromatic N) is 2. The van der Waals surface area contributed by atoms with E-state index in [1.54, 1.807) is 32.1 Å². The topological polar surface area (TPSA) is 202 Å². The van der Waals surface area contributed by atoms with Gasteiger partial charge in [0.05, 0.1) is 40.9 Å². The number of β-amino-alcohol motifs (C(OH)–C–C–N with tert-alkyl or cyclic N) is 1. The average Bonchev–Trinajstić information content (AvgIpc) is 3.80. The van der Waals surface area contributed by atoms with E-state index in [0.717, 1.165) is 52.1 Å². The summed E-state index contributed by atoms with van der Waals surface area (Å²) in [7, 11) is 0. The molecule has 61 heavy (non-hydrogen) atoms. The zero-order chi connectivity index (χ0) is 44.9. The van der Waals surface area contributed by atoms with Crippen LogP contribution in [0.3, 0.4) is 0 Å². The maximum atomic E-state index is 14.0. The lowest BCUT2D eigenvalue weighted by Crippen LogP contribution is -2.57. The number of aliphatic hydroxyl groups excluding tert-OH is 1. The Kier molecular flexibility index (Phi) is 17.8. The van der Waals surface area contributed by atoms with Gasteiger partial charge in [0.25, 0.3) is 0 Å². The predicted octanol–water partition coefficient (Wildman–Crippen LogP) is 6.09. The number of benzene rings is 2. The number of aliphatic hydroxyl groups is 1. The van der Waals surface area contributed by atoms with Crippen LogP contribution in [0.2, 0.25) is 0 Å². The molecule has 1 aliphatic rings. The Morgan fingerprint density at radius 2 is 1.57 bits per heavy atom. The van der Waals surface area contributed by atoms with Gasteiger partial charge < -0.3 is 41.2 Å². The highest BCUT2D eigenvalue weighted by Crippen LogP contribution is 2.28. The fourth-order valence-electron chi connectivity index (χ4n) is 7.13. The number of primary amides is 1. The van der Waals surface area contributed by atoms with Gasteiger partial charge in [0.1, 0.15) is 17.7 Å². The minimum atomic E-state index is -0.879. The lowest BCUT2D eigenvalue weighted by atomic mass is 9.85. The number of amides is 5. The SMILES string of the molecule is Cc1ncsc1-c1ccc(CNC(=O)[C@@H]2C[C@@H](O)CN2C(=O)[C@@H](NC(=O)CCCCCc2ccc(CO[C@H](C)[C@H](CCC(N)=O)NC(=O)OC(C)(C)C)cc2)C(C)(C)C)cc1. The van der Waals surface area contributed by atoms with Crippen molar-refractivity contribution >= 4 is 41.1 Å². The number of carbonyl (C=O) groups excluding carboxylic acids is 5. The number of hydrogen-bond donors (Lipinski definition) is 5. The van der Waals surface area contributed by atoms with Gasteiger partial charge in [-0.3, -0.25) is 19.2 Å². The predicted molar refractivity (Wildman–Crippen MR) is 236 cm³/mol. The monoisotopic (exact) mass is 862 g/mol. The first kappa shape index (κ1) is 48.8. The third kappa shape index (κ3) is 15.8. The molecule has 1 aliphatic heterocycles. The van der Waals surface area contributed by atoms with Crippen LogP contribution in [0.15, 0.2) is 54.0 Å². The van der Waals surface area contributed by atoms with Gasteiger partial charge in [0, 0.05) is 32.4 Å². The molecule has 0 saturated carbocycles. The number of alkyl carbamates (subject to hydrolysis) is 1. The molecule has 6 N–H and O–H groups in total. The highest BCUT2D eigenvalue weighted by Gasteiger charge is 2.44. The highest BCUT2D eigenvalue weighted by molar-refractivity contribution is 7.13. The van der Waals surface area contributed by atoms with Crippen molar-refractivity contribution in [1.29, 1.82) is 0 Å². The maximum Gasteiger partial charge on any atom is 0.407 e. The lowest BCUT2D eigenvalue weighted by molar-refractivity contribution is -0.144. The summed E-state index contributed by atoms with van der Waals surface area (Å²) in [4.78, 5) is 71.3. The number of unbranched alkanes of at least 4 members (excludes halogenated alkanes) is 2. The van der Waals surface area contributed by atoms with E-state index in [4.69, 9.17) is 15.2 Å². The fourth-order valence-corrected chi connectivity index (χ4v) is 7.94. The van der Waals surface area contributed by atoms with Gasteiger partial charge in [-0.15, -0.1) is 11.3 Å². The molecule has 1 saturated heterocycles. The summed E-state index contributed by atoms with van der Waals surface area (Å²) >= 11 is 1.58. The maximum absolute atomic E-state index is 14.0. The number of nitrogens with one attached hydrogen (secondary N) is 3. The lowest BCUT2D eigenvalue weighted by Gasteiger charge is -2.35. The fraction of sp³-hybridized carbons (Fsp3) is 0.565. The Bertz CT molecular complexity index is 1920. The van der Waals surface area contributed by atoms with Crippen LogP contribution in [0, 0.1) is 12.3 Å². The zero-order valence-electron chi connectivity index (χ0n) is 37.0. The first-order chi connectivity index (χ1) is 28.7. The van der Waals surface area contributed by atoms with Crippen LogP contribution in [0.4, 0.5) is 4.79 Å². The van der Waals surface area contributed by atoms with Crippen molar-refractivity contribution in [3.05, 3.63) is 76.4 Å². The second kappa shape index (κ2) is 22.3. The molecule has 0 unspecified atom stereocenters. The second-order valence-corrected chi connectivity index (χ2v) is 18.9. The third-order valence-electron chi connectivity index (χ3n) is 10.6. The number of aryl methyl sites for hydroxylation is 2. The number of rotatable bonds is 20. The van der Waals surface area contributed by atoms with Crippen LogP contribution < -0.4 is 21.7 Å². The van der Waals surface area contributed by atoms with Crippen molar-refractivity contribution < 1.29 is 38.6 Å². The summed E-state index contributed by atoms with van der Waals surface area (Å²) in [5.41, 5.74) is 10.9. The van der Waals surface area contributed by atoms with E-state index in [1.807, 2.05) is 88.7 Å². The number of likely N-dealkylation sites (tertiary alicyclic amines) is 1. The first-order valence-corrected chi connectivity index (χ1v) is 22.1. The van der Waals surface area contributed by atoms with Crippen LogP contribution in [-0.4, -0.2) is 87.2 Å². The molecule has 1 fully saturated rings. The van der Waals surface area contributed by atoms with Crippen molar-refractivity contribution in [3.8, 4) is 10.4 Å². The molecule has 0 spiro atoms. The van der Waals surface area contributed by atoms with Gasteiger partial charge in [-0.1, -0.05) is 75.7 Å². The highest BCUT2D eigenvalue weighted by atomic mass is 32.1. The molecular weight excluding hydrogens is 797 g/mol. The molecule has 4 rings (SSSR count). The molecule has 2 heterocycles. The molecule has 5 amide bonds. The summed E-state index contributed by atoms with van der Waals surface area (Å²) < 4.78 is 11.4. The van der Waals surface area contributed by atoms with E-state index in [0.29, 0.717) is 19.4 Å². The van der Waals surface area contributed by atoms with Crippen LogP contribution in [0.1, 0.15) is 116 Å². The van der Waals surface area contributed by atoms with Gasteiger partial charge in [0.15, 0.2) is 0 Å². The van der Waals surface area contributed by atoms with E-state index in [2.05, 4.69) is 20.9 Å². The number of carbonyl (C=O) groups is 5. The van der Waals surface area contributed by atoms with Gasteiger partial charge >= 0.3 is 6.09 Å². The third-order valence-corrected chi connectivity index (χ3v) is 11.6. The van der Waals surface area contributed by atoms with Crippen molar-refractivity contribution in [1.82, 2.24) is 25.8 Å². The average molecular weight is 863 g/mol. The molecule has 0 aliphatic carbocycles. The molecule has 3 aromatic rings. The van der Waals surface area contributed by atoms with Gasteiger partial charge in [-0.05, 0) is 88.0 Å². The van der Waals surface area contributed by atoms with E-state index < -0.39 is 53.3 Å². The molecule has 0 radical (unpaired) electrons. The van der Waals surface area contributed by atoms with Gasteiger partial charge in [0.2, 0.25) is 23.6 Å². The molecular formula is C46H66N6O8S. The van der Waals surface area contributed by atoms with E-state index in [-0.39, 0.29) is 50.1 Å². The number of hydrogen-bond acceptors (Lipinski definition) is 10. The van der Waals surface area contributed by atoms with E-state index >= 15 is 0 Å². The Hall–Kier alpha value is -4.86. The Morgan fingerprint density at radius 3 is 2.18 bits per heavy atom. The summed E-state index contributed by atoms with van der Waals surface area (Å²) in [6.07, 6.45) is 2.13. The van der Waals surface area contributed by atoms with Crippen LogP contribution in [-0.2, 0) is 48.2 Å². The summed E-state index contributed by atoms with van der Waals surface area (Å²) in [6.45, 7) is 15.4. The van der Waals surface area contributed by atoms with Gasteiger partial charge in [-0.25, -0.2) is 9.78 Å². The molecule has 1 aromatic heterocycles. The Morgan fingerprint density at radius 1 is 0.918 bits per heavy atom. The minimum Gasteiger partial charge on any atom is -0.444 e. The Labute approximate surface area is 364 Å². The number of nitrogens with two attached hydrogens (primary N) is 1.